The average molecular weight is 228 g/mol. The van der Waals surface area contributed by atoms with E-state index in [0.29, 0.717) is 5.15 Å². The van der Waals surface area contributed by atoms with Gasteiger partial charge in [-0.15, -0.1) is 0 Å². The average Bonchev–Trinajstić information content (AvgIpc) is 2.59. The van der Waals surface area contributed by atoms with Crippen molar-refractivity contribution in [1.29, 1.82) is 0 Å². The molecule has 5 heteroatoms. The van der Waals surface area contributed by atoms with Crippen LogP contribution in [0.4, 0.5) is 0 Å². The molecule has 1 amide bonds. The van der Waals surface area contributed by atoms with Crippen LogP contribution >= 0.6 is 11.6 Å². The smallest absolute Gasteiger partial charge is 0.210 e. The third-order valence-electron chi connectivity index (χ3n) is 2.86. The highest BCUT2D eigenvalue weighted by Gasteiger charge is 2.25. The Balaban J connectivity index is 2.23. The molecule has 0 radical (unpaired) electrons. The van der Waals surface area contributed by atoms with E-state index in [4.69, 9.17) is 11.6 Å². The Morgan fingerprint density at radius 1 is 1.60 bits per heavy atom. The molecule has 1 fully saturated rings. The number of hydrogen-bond acceptors (Lipinski definition) is 2. The van der Waals surface area contributed by atoms with Gasteiger partial charge in [-0.05, 0) is 19.3 Å². The number of nitrogens with zero attached hydrogens (tertiary/aromatic N) is 3. The van der Waals surface area contributed by atoms with Gasteiger partial charge in [-0.25, -0.2) is 0 Å². The summed E-state index contributed by atoms with van der Waals surface area (Å²) in [5.74, 6) is 0. The molecule has 4 nitrogen and oxygen atoms in total. The molecule has 1 atom stereocenters. The van der Waals surface area contributed by atoms with Gasteiger partial charge >= 0.3 is 0 Å². The van der Waals surface area contributed by atoms with E-state index < -0.39 is 0 Å². The van der Waals surface area contributed by atoms with Gasteiger partial charge in [0.25, 0.3) is 0 Å². The van der Waals surface area contributed by atoms with Crippen LogP contribution in [0.1, 0.15) is 31.0 Å². The fourth-order valence-corrected chi connectivity index (χ4v) is 2.18. The largest absolute Gasteiger partial charge is 0.337 e. The maximum absolute atomic E-state index is 10.9. The first kappa shape index (κ1) is 10.5. The van der Waals surface area contributed by atoms with Crippen LogP contribution in [0.15, 0.2) is 6.07 Å². The van der Waals surface area contributed by atoms with Crippen LogP contribution in [-0.4, -0.2) is 27.6 Å². The first-order valence-corrected chi connectivity index (χ1v) is 5.50. The minimum Gasteiger partial charge on any atom is -0.337 e. The molecular weight excluding hydrogens is 214 g/mol. The number of piperidine rings is 1. The first-order chi connectivity index (χ1) is 7.22. The van der Waals surface area contributed by atoms with Crippen molar-refractivity contribution in [2.24, 2.45) is 7.05 Å². The highest BCUT2D eigenvalue weighted by molar-refractivity contribution is 6.29. The summed E-state index contributed by atoms with van der Waals surface area (Å²) in [6, 6.07) is 1.95. The van der Waals surface area contributed by atoms with E-state index in [-0.39, 0.29) is 6.04 Å². The normalized spacial score (nSPS) is 21.7. The molecule has 0 aromatic carbocycles. The molecule has 1 aromatic heterocycles. The number of halogens is 1. The van der Waals surface area contributed by atoms with Gasteiger partial charge in [-0.1, -0.05) is 11.6 Å². The molecule has 82 valence electrons. The third kappa shape index (κ3) is 2.00. The van der Waals surface area contributed by atoms with Crippen LogP contribution in [0, 0.1) is 0 Å². The maximum atomic E-state index is 10.9. The third-order valence-corrected chi connectivity index (χ3v) is 3.22. The summed E-state index contributed by atoms with van der Waals surface area (Å²) in [5.41, 5.74) is 0.898. The summed E-state index contributed by atoms with van der Waals surface area (Å²) in [5, 5.41) is 4.93. The van der Waals surface area contributed by atoms with Crippen molar-refractivity contribution in [1.82, 2.24) is 14.7 Å². The molecule has 1 saturated heterocycles. The maximum Gasteiger partial charge on any atom is 0.210 e. The molecule has 0 bridgehead atoms. The van der Waals surface area contributed by atoms with Crippen molar-refractivity contribution in [3.8, 4) is 0 Å². The standard InChI is InChI=1S/C10H14ClN3O/c1-13-10(11)6-8(12-13)9-4-2-3-5-14(9)7-15/h6-7,9H,2-5H2,1H3. The zero-order valence-corrected chi connectivity index (χ0v) is 9.44. The highest BCUT2D eigenvalue weighted by Crippen LogP contribution is 2.29. The number of aromatic nitrogens is 2. The molecule has 15 heavy (non-hydrogen) atoms. The summed E-state index contributed by atoms with van der Waals surface area (Å²) < 4.78 is 1.63. The number of rotatable bonds is 2. The van der Waals surface area contributed by atoms with Crippen molar-refractivity contribution >= 4 is 18.0 Å². The van der Waals surface area contributed by atoms with Crippen molar-refractivity contribution in [2.45, 2.75) is 25.3 Å². The van der Waals surface area contributed by atoms with Gasteiger partial charge < -0.3 is 4.90 Å². The minimum absolute atomic E-state index is 0.106. The summed E-state index contributed by atoms with van der Waals surface area (Å²) in [4.78, 5) is 12.7. The molecule has 1 unspecified atom stereocenters. The van der Waals surface area contributed by atoms with Crippen molar-refractivity contribution in [3.05, 3.63) is 16.9 Å². The zero-order valence-electron chi connectivity index (χ0n) is 8.69. The molecule has 0 spiro atoms. The van der Waals surface area contributed by atoms with E-state index in [1.54, 1.807) is 11.7 Å². The number of hydrogen-bond donors (Lipinski definition) is 0. The van der Waals surface area contributed by atoms with Crippen LogP contribution in [0.2, 0.25) is 5.15 Å². The number of aryl methyl sites for hydroxylation is 1. The van der Waals surface area contributed by atoms with Crippen molar-refractivity contribution in [2.75, 3.05) is 6.54 Å². The summed E-state index contributed by atoms with van der Waals surface area (Å²) in [7, 11) is 1.81. The molecule has 0 N–H and O–H groups in total. The molecule has 2 rings (SSSR count). The summed E-state index contributed by atoms with van der Waals surface area (Å²) in [6.07, 6.45) is 4.11. The summed E-state index contributed by atoms with van der Waals surface area (Å²) >= 11 is 5.93. The van der Waals surface area contributed by atoms with Gasteiger partial charge in [0.15, 0.2) is 0 Å². The lowest BCUT2D eigenvalue weighted by molar-refractivity contribution is -0.121. The number of carbonyl (C=O) groups excluding carboxylic acids is 1. The van der Waals surface area contributed by atoms with Gasteiger partial charge in [-0.3, -0.25) is 9.48 Å². The Morgan fingerprint density at radius 3 is 3.00 bits per heavy atom. The van der Waals surface area contributed by atoms with Crippen LogP contribution in [-0.2, 0) is 11.8 Å². The molecule has 0 aliphatic carbocycles. The lowest BCUT2D eigenvalue weighted by Crippen LogP contribution is -2.32. The lowest BCUT2D eigenvalue weighted by Gasteiger charge is -2.31. The number of likely N-dealkylation sites (tertiary alicyclic amines) is 1. The molecule has 2 heterocycles. The van der Waals surface area contributed by atoms with Gasteiger partial charge in [0, 0.05) is 19.7 Å². The Hall–Kier alpha value is -1.03. The predicted molar refractivity (Wildman–Crippen MR) is 57.6 cm³/mol. The Kier molecular flexibility index (Phi) is 2.95. The second kappa shape index (κ2) is 4.23. The van der Waals surface area contributed by atoms with E-state index in [1.807, 2.05) is 11.0 Å². The first-order valence-electron chi connectivity index (χ1n) is 5.13. The molecular formula is C10H14ClN3O. The van der Waals surface area contributed by atoms with E-state index >= 15 is 0 Å². The van der Waals surface area contributed by atoms with Crippen LogP contribution in [0.3, 0.4) is 0 Å². The molecule has 1 aromatic rings. The quantitative estimate of drug-likeness (QED) is 0.722. The van der Waals surface area contributed by atoms with Crippen LogP contribution in [0.25, 0.3) is 0 Å². The monoisotopic (exact) mass is 227 g/mol. The lowest BCUT2D eigenvalue weighted by atomic mass is 10.0. The fraction of sp³-hybridized carbons (Fsp3) is 0.600. The topological polar surface area (TPSA) is 38.1 Å². The van der Waals surface area contributed by atoms with Gasteiger partial charge in [0.05, 0.1) is 11.7 Å². The van der Waals surface area contributed by atoms with E-state index in [9.17, 15) is 4.79 Å². The number of carbonyl (C=O) groups is 1. The van der Waals surface area contributed by atoms with Crippen LogP contribution < -0.4 is 0 Å². The summed E-state index contributed by atoms with van der Waals surface area (Å²) in [6.45, 7) is 0.822. The minimum atomic E-state index is 0.106. The highest BCUT2D eigenvalue weighted by atomic mass is 35.5. The predicted octanol–water partition coefficient (Wildman–Crippen LogP) is 1.76. The van der Waals surface area contributed by atoms with Crippen LogP contribution in [0.5, 0.6) is 0 Å². The Labute approximate surface area is 93.8 Å². The van der Waals surface area contributed by atoms with Gasteiger partial charge in [0.2, 0.25) is 6.41 Å². The SMILES string of the molecule is Cn1nc(C2CCCCN2C=O)cc1Cl. The van der Waals surface area contributed by atoms with E-state index in [1.165, 1.54) is 0 Å². The fourth-order valence-electron chi connectivity index (χ4n) is 2.03. The van der Waals surface area contributed by atoms with Crippen molar-refractivity contribution < 1.29 is 4.79 Å². The van der Waals surface area contributed by atoms with Gasteiger partial charge in [-0.2, -0.15) is 5.10 Å². The Morgan fingerprint density at radius 2 is 2.40 bits per heavy atom. The second-order valence-electron chi connectivity index (χ2n) is 3.87. The van der Waals surface area contributed by atoms with Crippen molar-refractivity contribution in [3.63, 3.8) is 0 Å². The number of amides is 1. The van der Waals surface area contributed by atoms with Gasteiger partial charge in [0.1, 0.15) is 5.15 Å². The Bertz CT molecular complexity index is 344. The molecule has 1 aliphatic heterocycles. The van der Waals surface area contributed by atoms with E-state index in [2.05, 4.69) is 5.10 Å². The molecule has 1 aliphatic rings. The second-order valence-corrected chi connectivity index (χ2v) is 4.26. The van der Waals surface area contributed by atoms with E-state index in [0.717, 1.165) is 37.9 Å². The molecule has 0 saturated carbocycles. The zero-order chi connectivity index (χ0) is 10.8.